The lowest BCUT2D eigenvalue weighted by Crippen LogP contribution is -2.19. The van der Waals surface area contributed by atoms with Gasteiger partial charge in [-0.3, -0.25) is 4.99 Å². The quantitative estimate of drug-likeness (QED) is 0.237. The van der Waals surface area contributed by atoms with Gasteiger partial charge in [0.25, 0.3) is 0 Å². The molecule has 0 radical (unpaired) electrons. The molecule has 0 N–H and O–H groups in total. The van der Waals surface area contributed by atoms with Gasteiger partial charge in [-0.1, -0.05) is 71.4 Å². The first kappa shape index (κ1) is 19.1. The van der Waals surface area contributed by atoms with Crippen LogP contribution in [0.2, 0.25) is 0 Å². The van der Waals surface area contributed by atoms with Crippen molar-refractivity contribution in [2.45, 2.75) is 79.1 Å². The molecule has 1 nitrogen and oxygen atoms in total. The fourth-order valence-electron chi connectivity index (χ4n) is 2.71. The predicted octanol–water partition coefficient (Wildman–Crippen LogP) is 6.36. The molecule has 0 saturated heterocycles. The van der Waals surface area contributed by atoms with Crippen molar-refractivity contribution in [2.75, 3.05) is 7.05 Å². The molecule has 0 heterocycles. The van der Waals surface area contributed by atoms with E-state index in [0.29, 0.717) is 5.41 Å². The number of allylic oxidation sites excluding steroid dienone is 4. The van der Waals surface area contributed by atoms with Gasteiger partial charge in [0.15, 0.2) is 0 Å². The first-order valence-electron chi connectivity index (χ1n) is 8.40. The predicted molar refractivity (Wildman–Crippen MR) is 93.7 cm³/mol. The van der Waals surface area contributed by atoms with E-state index in [9.17, 15) is 0 Å². The Morgan fingerprint density at radius 3 is 2.20 bits per heavy atom. The Balaban J connectivity index is 4.93. The van der Waals surface area contributed by atoms with Gasteiger partial charge in [0, 0.05) is 13.3 Å². The highest BCUT2D eigenvalue weighted by atomic mass is 14.6. The van der Waals surface area contributed by atoms with Crippen LogP contribution in [-0.2, 0) is 0 Å². The Morgan fingerprint density at radius 1 is 1.00 bits per heavy atom. The van der Waals surface area contributed by atoms with Crippen molar-refractivity contribution in [1.29, 1.82) is 0 Å². The number of rotatable bonds is 11. The van der Waals surface area contributed by atoms with Crippen LogP contribution in [0.3, 0.4) is 0 Å². The van der Waals surface area contributed by atoms with Gasteiger partial charge in [0.2, 0.25) is 0 Å². The van der Waals surface area contributed by atoms with Gasteiger partial charge < -0.3 is 0 Å². The molecule has 0 aliphatic rings. The fourth-order valence-corrected chi connectivity index (χ4v) is 2.71. The van der Waals surface area contributed by atoms with E-state index in [1.54, 1.807) is 0 Å². The number of unbranched alkanes of at least 4 members (excludes halogenated alkanes) is 4. The van der Waals surface area contributed by atoms with Crippen molar-refractivity contribution >= 4 is 6.21 Å². The van der Waals surface area contributed by atoms with Gasteiger partial charge in [0.05, 0.1) is 0 Å². The van der Waals surface area contributed by atoms with Crippen molar-refractivity contribution in [3.8, 4) is 0 Å². The third kappa shape index (κ3) is 7.67. The van der Waals surface area contributed by atoms with E-state index >= 15 is 0 Å². The second-order valence-corrected chi connectivity index (χ2v) is 6.00. The normalized spacial score (nSPS) is 16.1. The molecule has 20 heavy (non-hydrogen) atoms. The summed E-state index contributed by atoms with van der Waals surface area (Å²) in [5.41, 5.74) is 1.74. The van der Waals surface area contributed by atoms with Crippen LogP contribution < -0.4 is 0 Å². The van der Waals surface area contributed by atoms with Crippen molar-refractivity contribution < 1.29 is 0 Å². The van der Waals surface area contributed by atoms with Crippen LogP contribution in [0.15, 0.2) is 28.8 Å². The van der Waals surface area contributed by atoms with E-state index in [1.165, 1.54) is 56.9 Å². The van der Waals surface area contributed by atoms with E-state index in [4.69, 9.17) is 0 Å². The molecule has 0 amide bonds. The van der Waals surface area contributed by atoms with Gasteiger partial charge in [-0.05, 0) is 36.8 Å². The average Bonchev–Trinajstić information content (AvgIpc) is 2.46. The van der Waals surface area contributed by atoms with Crippen molar-refractivity contribution in [3.05, 3.63) is 23.8 Å². The molecule has 1 heteroatoms. The molecular weight excluding hydrogens is 242 g/mol. The van der Waals surface area contributed by atoms with Crippen molar-refractivity contribution in [3.63, 3.8) is 0 Å². The molecule has 0 saturated carbocycles. The standard InChI is InChI=1S/C19H35N/c1-6-9-11-12-16-19(4,15-10-7-2)18(13-8-3)14-17-20-5/h8,13-14,17H,6-7,9-12,15-16H2,1-5H3/b13-8-,18-14+,20-17?. The largest absolute Gasteiger partial charge is 0.297 e. The lowest BCUT2D eigenvalue weighted by molar-refractivity contribution is 0.318. The van der Waals surface area contributed by atoms with E-state index in [1.807, 2.05) is 13.3 Å². The Kier molecular flexibility index (Phi) is 11.4. The molecule has 1 atom stereocenters. The zero-order chi connectivity index (χ0) is 15.3. The molecule has 0 bridgehead atoms. The fraction of sp³-hybridized carbons (Fsp3) is 0.737. The Bertz CT molecular complexity index is 312. The van der Waals surface area contributed by atoms with Crippen molar-refractivity contribution in [1.82, 2.24) is 0 Å². The van der Waals surface area contributed by atoms with Crippen LogP contribution in [0.5, 0.6) is 0 Å². The number of aliphatic imine (C=N–C) groups is 1. The molecule has 0 spiro atoms. The highest BCUT2D eigenvalue weighted by Crippen LogP contribution is 2.39. The van der Waals surface area contributed by atoms with Gasteiger partial charge in [0.1, 0.15) is 0 Å². The van der Waals surface area contributed by atoms with E-state index in [2.05, 4.69) is 50.9 Å². The van der Waals surface area contributed by atoms with Gasteiger partial charge in [-0.25, -0.2) is 0 Å². The zero-order valence-corrected chi connectivity index (χ0v) is 14.4. The summed E-state index contributed by atoms with van der Waals surface area (Å²) in [6.45, 7) is 9.10. The third-order valence-corrected chi connectivity index (χ3v) is 4.11. The number of hydrogen-bond acceptors (Lipinski definition) is 1. The molecule has 0 aromatic carbocycles. The first-order chi connectivity index (χ1) is 9.64. The molecule has 0 aromatic heterocycles. The zero-order valence-electron chi connectivity index (χ0n) is 14.4. The van der Waals surface area contributed by atoms with Gasteiger partial charge >= 0.3 is 0 Å². The van der Waals surface area contributed by atoms with Crippen LogP contribution in [0, 0.1) is 5.41 Å². The maximum atomic E-state index is 4.13. The summed E-state index contributed by atoms with van der Waals surface area (Å²) in [5, 5.41) is 0. The highest BCUT2D eigenvalue weighted by molar-refractivity contribution is 5.73. The topological polar surface area (TPSA) is 12.4 Å². The monoisotopic (exact) mass is 277 g/mol. The van der Waals surface area contributed by atoms with Crippen LogP contribution >= 0.6 is 0 Å². The van der Waals surface area contributed by atoms with Gasteiger partial charge in [-0.2, -0.15) is 0 Å². The minimum Gasteiger partial charge on any atom is -0.297 e. The van der Waals surface area contributed by atoms with Gasteiger partial charge in [-0.15, -0.1) is 0 Å². The molecule has 0 aliphatic heterocycles. The van der Waals surface area contributed by atoms with Crippen LogP contribution in [-0.4, -0.2) is 13.3 Å². The molecule has 0 fully saturated rings. The highest BCUT2D eigenvalue weighted by Gasteiger charge is 2.26. The summed E-state index contributed by atoms with van der Waals surface area (Å²) in [6, 6.07) is 0. The minimum absolute atomic E-state index is 0.303. The Morgan fingerprint density at radius 2 is 1.65 bits per heavy atom. The summed E-state index contributed by atoms with van der Waals surface area (Å²) in [7, 11) is 1.84. The smallest absolute Gasteiger partial charge is 0.0277 e. The molecule has 1 unspecified atom stereocenters. The first-order valence-corrected chi connectivity index (χ1v) is 8.40. The number of nitrogens with zero attached hydrogens (tertiary/aromatic N) is 1. The van der Waals surface area contributed by atoms with Crippen LogP contribution in [0.25, 0.3) is 0 Å². The molecule has 0 aromatic rings. The second-order valence-electron chi connectivity index (χ2n) is 6.00. The summed E-state index contributed by atoms with van der Waals surface area (Å²) < 4.78 is 0. The Labute approximate surface area is 127 Å². The lowest BCUT2D eigenvalue weighted by Gasteiger charge is -2.31. The lowest BCUT2D eigenvalue weighted by atomic mass is 9.73. The number of hydrogen-bond donors (Lipinski definition) is 0. The summed E-state index contributed by atoms with van der Waals surface area (Å²) in [6.07, 6.45) is 19.1. The van der Waals surface area contributed by atoms with E-state index < -0.39 is 0 Å². The molecular formula is C19H35N. The summed E-state index contributed by atoms with van der Waals surface area (Å²) >= 11 is 0. The Hall–Kier alpha value is -0.850. The molecule has 0 rings (SSSR count). The van der Waals surface area contributed by atoms with Crippen molar-refractivity contribution in [2.24, 2.45) is 10.4 Å². The average molecular weight is 277 g/mol. The molecule has 116 valence electrons. The SMILES string of the molecule is C/C=C\C(=C/C=NC)C(C)(CCCC)CCCCCC. The van der Waals surface area contributed by atoms with Crippen LogP contribution in [0.1, 0.15) is 79.1 Å². The second kappa shape index (κ2) is 11.9. The van der Waals surface area contributed by atoms with E-state index in [-0.39, 0.29) is 0 Å². The van der Waals surface area contributed by atoms with Crippen LogP contribution in [0.4, 0.5) is 0 Å². The van der Waals surface area contributed by atoms with E-state index in [0.717, 1.165) is 0 Å². The minimum atomic E-state index is 0.303. The summed E-state index contributed by atoms with van der Waals surface area (Å²) in [5.74, 6) is 0. The maximum absolute atomic E-state index is 4.13. The third-order valence-electron chi connectivity index (χ3n) is 4.11. The maximum Gasteiger partial charge on any atom is 0.0277 e. The summed E-state index contributed by atoms with van der Waals surface area (Å²) in [4.78, 5) is 4.13. The molecule has 0 aliphatic carbocycles.